The second-order valence-electron chi connectivity index (χ2n) is 10.8. The molecule has 1 N–H and O–H groups in total. The third kappa shape index (κ3) is 9.35. The van der Waals surface area contributed by atoms with Gasteiger partial charge in [-0.15, -0.1) is 0 Å². The largest absolute Gasteiger partial charge is 0.497 e. The van der Waals surface area contributed by atoms with Crippen molar-refractivity contribution in [2.24, 2.45) is 5.92 Å². The summed E-state index contributed by atoms with van der Waals surface area (Å²) < 4.78 is 32.5. The van der Waals surface area contributed by atoms with Crippen molar-refractivity contribution in [1.29, 1.82) is 0 Å². The zero-order valence-electron chi connectivity index (χ0n) is 24.8. The predicted molar refractivity (Wildman–Crippen MR) is 163 cm³/mol. The Kier molecular flexibility index (Phi) is 10.9. The summed E-state index contributed by atoms with van der Waals surface area (Å²) in [6.45, 7) is 7.84. The highest BCUT2D eigenvalue weighted by Gasteiger charge is 2.33. The van der Waals surface area contributed by atoms with E-state index in [1.807, 2.05) is 82.3 Å². The van der Waals surface area contributed by atoms with E-state index in [9.17, 15) is 18.0 Å². The number of methoxy groups -OCH3 is 1. The molecule has 41 heavy (non-hydrogen) atoms. The molecule has 0 aromatic heterocycles. The summed E-state index contributed by atoms with van der Waals surface area (Å²) in [7, 11) is -2.26. The van der Waals surface area contributed by atoms with Crippen LogP contribution in [0.25, 0.3) is 0 Å². The Bertz CT molecular complexity index is 1420. The molecule has 0 fully saturated rings. The monoisotopic (exact) mass is 579 g/mol. The van der Waals surface area contributed by atoms with Crippen LogP contribution in [0.2, 0.25) is 0 Å². The molecule has 2 amide bonds. The summed E-state index contributed by atoms with van der Waals surface area (Å²) in [5.74, 6) is 0.0463. The molecule has 3 aromatic carbocycles. The van der Waals surface area contributed by atoms with Gasteiger partial charge in [0, 0.05) is 19.5 Å². The van der Waals surface area contributed by atoms with Crippen LogP contribution in [0.3, 0.4) is 0 Å². The third-order valence-corrected chi connectivity index (χ3v) is 7.76. The molecule has 0 spiro atoms. The maximum Gasteiger partial charge on any atom is 0.244 e. The molecule has 0 aliphatic heterocycles. The highest BCUT2D eigenvalue weighted by atomic mass is 32.2. The fourth-order valence-corrected chi connectivity index (χ4v) is 5.49. The second-order valence-corrected chi connectivity index (χ2v) is 12.7. The van der Waals surface area contributed by atoms with Crippen molar-refractivity contribution in [1.82, 2.24) is 10.2 Å². The second kappa shape index (κ2) is 14.2. The minimum absolute atomic E-state index is 0.0904. The van der Waals surface area contributed by atoms with Gasteiger partial charge < -0.3 is 15.0 Å². The van der Waals surface area contributed by atoms with E-state index in [0.29, 0.717) is 18.0 Å². The van der Waals surface area contributed by atoms with Gasteiger partial charge >= 0.3 is 0 Å². The topological polar surface area (TPSA) is 96.0 Å². The van der Waals surface area contributed by atoms with Crippen LogP contribution in [0.5, 0.6) is 5.75 Å². The molecule has 0 aliphatic carbocycles. The first-order valence-electron chi connectivity index (χ1n) is 13.7. The maximum absolute atomic E-state index is 14.2. The Morgan fingerprint density at radius 3 is 2.12 bits per heavy atom. The lowest BCUT2D eigenvalue weighted by atomic mass is 10.0. The summed E-state index contributed by atoms with van der Waals surface area (Å²) >= 11 is 0. The molecule has 220 valence electrons. The molecule has 3 rings (SSSR count). The van der Waals surface area contributed by atoms with E-state index in [1.54, 1.807) is 25.3 Å². The lowest BCUT2D eigenvalue weighted by Gasteiger charge is -2.34. The van der Waals surface area contributed by atoms with Crippen molar-refractivity contribution >= 4 is 27.5 Å². The number of ether oxygens (including phenoxy) is 1. The predicted octanol–water partition coefficient (Wildman–Crippen LogP) is 4.49. The van der Waals surface area contributed by atoms with E-state index < -0.39 is 28.5 Å². The fraction of sp³-hybridized carbons (Fsp3) is 0.375. The van der Waals surface area contributed by atoms with Crippen molar-refractivity contribution in [2.75, 3.05) is 30.8 Å². The highest BCUT2D eigenvalue weighted by molar-refractivity contribution is 7.92. The molecule has 1 atom stereocenters. The molecule has 0 heterocycles. The number of carbonyl (C=O) groups is 2. The van der Waals surface area contributed by atoms with Gasteiger partial charge in [0.05, 0.1) is 19.1 Å². The van der Waals surface area contributed by atoms with E-state index in [-0.39, 0.29) is 24.8 Å². The number of amides is 2. The Labute approximate surface area is 244 Å². The molecule has 0 bridgehead atoms. The number of hydrogen-bond donors (Lipinski definition) is 1. The Morgan fingerprint density at radius 2 is 1.54 bits per heavy atom. The van der Waals surface area contributed by atoms with Crippen molar-refractivity contribution in [2.45, 2.75) is 46.7 Å². The summed E-state index contributed by atoms with van der Waals surface area (Å²) in [5, 5.41) is 2.99. The van der Waals surface area contributed by atoms with Crippen LogP contribution in [0.15, 0.2) is 72.8 Å². The van der Waals surface area contributed by atoms with Gasteiger partial charge in [-0.05, 0) is 66.3 Å². The van der Waals surface area contributed by atoms with Crippen LogP contribution >= 0.6 is 0 Å². The van der Waals surface area contributed by atoms with Crippen LogP contribution in [0.4, 0.5) is 5.69 Å². The first-order chi connectivity index (χ1) is 19.4. The quantitative estimate of drug-likeness (QED) is 0.322. The Balaban J connectivity index is 2.08. The fourth-order valence-electron chi connectivity index (χ4n) is 4.65. The molecule has 8 nitrogen and oxygen atoms in total. The molecule has 0 unspecified atom stereocenters. The van der Waals surface area contributed by atoms with Gasteiger partial charge in [0.1, 0.15) is 18.3 Å². The zero-order chi connectivity index (χ0) is 30.2. The minimum Gasteiger partial charge on any atom is -0.497 e. The number of anilines is 1. The number of sulfonamides is 1. The summed E-state index contributed by atoms with van der Waals surface area (Å²) in [4.78, 5) is 29.4. The van der Waals surface area contributed by atoms with Gasteiger partial charge in [-0.3, -0.25) is 13.9 Å². The van der Waals surface area contributed by atoms with Crippen LogP contribution in [-0.4, -0.2) is 57.6 Å². The van der Waals surface area contributed by atoms with Crippen molar-refractivity contribution in [3.8, 4) is 5.75 Å². The average Bonchev–Trinajstić information content (AvgIpc) is 2.91. The van der Waals surface area contributed by atoms with E-state index >= 15 is 0 Å². The number of nitrogens with zero attached hydrogens (tertiary/aromatic N) is 2. The van der Waals surface area contributed by atoms with Crippen molar-refractivity contribution in [3.63, 3.8) is 0 Å². The van der Waals surface area contributed by atoms with Gasteiger partial charge in [-0.25, -0.2) is 8.42 Å². The van der Waals surface area contributed by atoms with Crippen LogP contribution in [0, 0.1) is 19.8 Å². The normalized spacial score (nSPS) is 12.1. The third-order valence-electron chi connectivity index (χ3n) is 6.62. The Morgan fingerprint density at radius 1 is 0.902 bits per heavy atom. The van der Waals surface area contributed by atoms with Crippen LogP contribution < -0.4 is 14.4 Å². The molecule has 0 aliphatic rings. The molecule has 0 saturated heterocycles. The lowest BCUT2D eigenvalue weighted by Crippen LogP contribution is -2.53. The van der Waals surface area contributed by atoms with E-state index in [4.69, 9.17) is 4.74 Å². The SMILES string of the molecule is COc1cccc(CN(C(=O)CN(c2cc(C)cc(C)c2)S(C)(=O)=O)[C@@H](Cc2ccccc2)C(=O)NCC(C)C)c1. The van der Waals surface area contributed by atoms with E-state index in [0.717, 1.165) is 32.8 Å². The number of rotatable bonds is 13. The molecule has 9 heteroatoms. The standard InChI is InChI=1S/C32H41N3O5S/c1-23(2)20-33-32(37)30(19-26-11-8-7-9-12-26)34(21-27-13-10-14-29(18-27)40-5)31(36)22-35(41(6,38)39)28-16-24(3)15-25(4)17-28/h7-18,23,30H,19-22H2,1-6H3,(H,33,37)/t30-/m0/s1. The van der Waals surface area contributed by atoms with Crippen LogP contribution in [-0.2, 0) is 32.6 Å². The molecule has 0 saturated carbocycles. The van der Waals surface area contributed by atoms with Crippen molar-refractivity contribution < 1.29 is 22.7 Å². The van der Waals surface area contributed by atoms with Crippen LogP contribution in [0.1, 0.15) is 36.1 Å². The molecule has 0 radical (unpaired) electrons. The number of benzene rings is 3. The lowest BCUT2D eigenvalue weighted by molar-refractivity contribution is -0.140. The van der Waals surface area contributed by atoms with Crippen molar-refractivity contribution in [3.05, 3.63) is 95.1 Å². The van der Waals surface area contributed by atoms with Gasteiger partial charge in [0.25, 0.3) is 0 Å². The smallest absolute Gasteiger partial charge is 0.244 e. The highest BCUT2D eigenvalue weighted by Crippen LogP contribution is 2.23. The van der Waals surface area contributed by atoms with E-state index in [2.05, 4.69) is 5.32 Å². The first kappa shape index (κ1) is 31.7. The number of carbonyl (C=O) groups excluding carboxylic acids is 2. The summed E-state index contributed by atoms with van der Waals surface area (Å²) in [6.07, 6.45) is 1.35. The van der Waals surface area contributed by atoms with Gasteiger partial charge in [-0.2, -0.15) is 0 Å². The number of nitrogens with one attached hydrogen (secondary N) is 1. The summed E-state index contributed by atoms with van der Waals surface area (Å²) in [5.41, 5.74) is 3.80. The van der Waals surface area contributed by atoms with Gasteiger partial charge in [0.15, 0.2) is 0 Å². The summed E-state index contributed by atoms with van der Waals surface area (Å²) in [6, 6.07) is 21.3. The maximum atomic E-state index is 14.2. The first-order valence-corrected chi connectivity index (χ1v) is 15.5. The number of aryl methyl sites for hydroxylation is 2. The Hall–Kier alpha value is -3.85. The minimum atomic E-state index is -3.82. The zero-order valence-corrected chi connectivity index (χ0v) is 25.6. The van der Waals surface area contributed by atoms with Gasteiger partial charge in [-0.1, -0.05) is 62.4 Å². The van der Waals surface area contributed by atoms with E-state index in [1.165, 1.54) is 4.90 Å². The average molecular weight is 580 g/mol. The molecule has 3 aromatic rings. The number of hydrogen-bond acceptors (Lipinski definition) is 5. The molecular formula is C32H41N3O5S. The molecular weight excluding hydrogens is 538 g/mol. The van der Waals surface area contributed by atoms with Gasteiger partial charge in [0.2, 0.25) is 21.8 Å².